The highest BCUT2D eigenvalue weighted by atomic mass is 16.3. The Kier molecular flexibility index (Phi) is 6.81. The Morgan fingerprint density at radius 1 is 1.07 bits per heavy atom. The third kappa shape index (κ3) is 4.11. The molecule has 0 heterocycles. The monoisotopic (exact) mass is 547 g/mol. The topological polar surface area (TPSA) is 173 Å². The van der Waals surface area contributed by atoms with Gasteiger partial charge in [-0.1, -0.05) is 35.9 Å². The maximum atomic E-state index is 13.9. The maximum Gasteiger partial charge on any atom is 0.255 e. The molecule has 0 radical (unpaired) electrons. The first-order chi connectivity index (χ1) is 18.9. The summed E-state index contributed by atoms with van der Waals surface area (Å²) in [6, 6.07) is 10.2. The highest BCUT2D eigenvalue weighted by Crippen LogP contribution is 2.52. The number of carbonyl (C=O) groups excluding carboxylic acids is 3. The first-order valence-electron chi connectivity index (χ1n) is 13.1. The fourth-order valence-electron chi connectivity index (χ4n) is 6.52. The van der Waals surface area contributed by atoms with Crippen LogP contribution in [0.3, 0.4) is 0 Å². The third-order valence-corrected chi connectivity index (χ3v) is 8.47. The van der Waals surface area contributed by atoms with Gasteiger partial charge in [0.25, 0.3) is 5.91 Å². The van der Waals surface area contributed by atoms with Crippen LogP contribution in [-0.4, -0.2) is 68.5 Å². The van der Waals surface area contributed by atoms with Crippen molar-refractivity contribution in [1.29, 1.82) is 0 Å². The van der Waals surface area contributed by atoms with Crippen LogP contribution in [0.1, 0.15) is 34.2 Å². The number of benzene rings is 2. The molecule has 2 aromatic rings. The summed E-state index contributed by atoms with van der Waals surface area (Å²) in [5, 5.41) is 48.1. The van der Waals surface area contributed by atoms with Crippen molar-refractivity contribution in [2.75, 3.05) is 14.1 Å². The van der Waals surface area contributed by atoms with Crippen molar-refractivity contribution >= 4 is 23.2 Å². The number of carbonyl (C=O) groups is 3. The third-order valence-electron chi connectivity index (χ3n) is 8.47. The van der Waals surface area contributed by atoms with Gasteiger partial charge in [-0.2, -0.15) is 0 Å². The van der Waals surface area contributed by atoms with Gasteiger partial charge in [0.15, 0.2) is 11.4 Å². The van der Waals surface area contributed by atoms with E-state index in [1.165, 1.54) is 11.0 Å². The SMILES string of the molecule is Cc1ccc(CNCc2ccc(O)c3c2C[C@H]2C[C@H]4[C@H](N(C)C)C(=O)C(C(N)=O)=C(O)[C@@]4(O)C(=O)C2=C3O)cc1. The van der Waals surface area contributed by atoms with Crippen molar-refractivity contribution in [2.24, 2.45) is 17.6 Å². The molecule has 0 spiro atoms. The number of aliphatic hydroxyl groups excluding tert-OH is 2. The smallest absolute Gasteiger partial charge is 0.255 e. The van der Waals surface area contributed by atoms with E-state index < -0.39 is 58.0 Å². The number of phenols is 1. The van der Waals surface area contributed by atoms with Crippen LogP contribution in [0.15, 0.2) is 53.3 Å². The lowest BCUT2D eigenvalue weighted by Crippen LogP contribution is -2.65. The minimum atomic E-state index is -2.65. The van der Waals surface area contributed by atoms with E-state index in [4.69, 9.17) is 5.73 Å². The number of nitrogens with two attached hydrogens (primary N) is 1. The minimum absolute atomic E-state index is 0.0532. The van der Waals surface area contributed by atoms with E-state index in [1.807, 2.05) is 31.2 Å². The van der Waals surface area contributed by atoms with Crippen molar-refractivity contribution < 1.29 is 34.8 Å². The number of aliphatic hydroxyl groups is 3. The fraction of sp³-hybridized carbons (Fsp3) is 0.367. The van der Waals surface area contributed by atoms with E-state index in [2.05, 4.69) is 5.32 Å². The van der Waals surface area contributed by atoms with Gasteiger partial charge in [0.05, 0.1) is 11.6 Å². The van der Waals surface area contributed by atoms with E-state index in [1.54, 1.807) is 20.2 Å². The number of likely N-dealkylation sites (N-methyl/N-ethyl adjacent to an activating group) is 1. The maximum absolute atomic E-state index is 13.9. The van der Waals surface area contributed by atoms with Crippen molar-refractivity contribution in [3.05, 3.63) is 81.1 Å². The zero-order valence-electron chi connectivity index (χ0n) is 22.6. The number of hydrogen-bond donors (Lipinski definition) is 6. The summed E-state index contributed by atoms with van der Waals surface area (Å²) in [5.41, 5.74) is 5.55. The molecule has 4 atom stereocenters. The van der Waals surface area contributed by atoms with Gasteiger partial charge in [0.2, 0.25) is 5.78 Å². The molecule has 1 saturated carbocycles. The quantitative estimate of drug-likeness (QED) is 0.293. The highest BCUT2D eigenvalue weighted by Gasteiger charge is 2.64. The fourth-order valence-corrected chi connectivity index (χ4v) is 6.52. The number of hydrogen-bond acceptors (Lipinski definition) is 9. The second-order valence-electron chi connectivity index (χ2n) is 11.1. The molecule has 0 bridgehead atoms. The number of fused-ring (bicyclic) bond motifs is 3. The zero-order valence-corrected chi connectivity index (χ0v) is 22.6. The summed E-state index contributed by atoms with van der Waals surface area (Å²) in [7, 11) is 3.15. The Bertz CT molecular complexity index is 1490. The highest BCUT2D eigenvalue weighted by molar-refractivity contribution is 6.24. The van der Waals surface area contributed by atoms with Gasteiger partial charge in [0, 0.05) is 24.6 Å². The molecule has 40 heavy (non-hydrogen) atoms. The van der Waals surface area contributed by atoms with Gasteiger partial charge in [-0.05, 0) is 62.5 Å². The van der Waals surface area contributed by atoms with Crippen LogP contribution in [0.5, 0.6) is 5.75 Å². The second kappa shape index (κ2) is 9.88. The van der Waals surface area contributed by atoms with E-state index in [-0.39, 0.29) is 29.7 Å². The van der Waals surface area contributed by atoms with Crippen molar-refractivity contribution in [1.82, 2.24) is 10.2 Å². The standard InChI is InChI=1S/C30H33N3O7/c1-14-4-6-15(7-5-14)12-32-13-16-8-9-20(34)22-18(16)10-17-11-19-24(33(2)3)26(36)23(29(31)39)28(38)30(19,40)27(37)21(17)25(22)35/h4-9,17,19,24,32,34-35,38,40H,10-13H2,1-3H3,(H2,31,39)/t17-,19-,24-,30-/m0/s1. The van der Waals surface area contributed by atoms with Gasteiger partial charge in [-0.3, -0.25) is 19.3 Å². The molecule has 1 amide bonds. The summed E-state index contributed by atoms with van der Waals surface area (Å²) in [5.74, 6) is -6.59. The average molecular weight is 548 g/mol. The van der Waals surface area contributed by atoms with Crippen LogP contribution in [0.25, 0.3) is 5.76 Å². The molecule has 3 aliphatic rings. The van der Waals surface area contributed by atoms with Gasteiger partial charge in [-0.25, -0.2) is 0 Å². The first kappa shape index (κ1) is 27.6. The molecule has 5 rings (SSSR count). The molecule has 2 aromatic carbocycles. The van der Waals surface area contributed by atoms with Crippen LogP contribution in [0, 0.1) is 18.8 Å². The van der Waals surface area contributed by atoms with Gasteiger partial charge in [0.1, 0.15) is 22.8 Å². The van der Waals surface area contributed by atoms with Crippen LogP contribution < -0.4 is 11.1 Å². The molecule has 7 N–H and O–H groups in total. The van der Waals surface area contributed by atoms with E-state index >= 15 is 0 Å². The lowest BCUT2D eigenvalue weighted by molar-refractivity contribution is -0.153. The molecule has 0 unspecified atom stereocenters. The summed E-state index contributed by atoms with van der Waals surface area (Å²) >= 11 is 0. The van der Waals surface area contributed by atoms with E-state index in [0.29, 0.717) is 18.7 Å². The van der Waals surface area contributed by atoms with Gasteiger partial charge in [-0.15, -0.1) is 0 Å². The van der Waals surface area contributed by atoms with E-state index in [9.17, 15) is 34.8 Å². The molecule has 1 fully saturated rings. The normalized spacial score (nSPS) is 26.1. The van der Waals surface area contributed by atoms with E-state index in [0.717, 1.165) is 16.7 Å². The molecule has 0 aromatic heterocycles. The number of nitrogens with zero attached hydrogens (tertiary/aromatic N) is 1. The summed E-state index contributed by atoms with van der Waals surface area (Å²) in [6.07, 6.45) is 0.308. The Balaban J connectivity index is 1.56. The number of phenolic OH excluding ortho intramolecular Hbond substituents is 1. The lowest BCUT2D eigenvalue weighted by Gasteiger charge is -2.50. The number of ketones is 2. The summed E-state index contributed by atoms with van der Waals surface area (Å²) < 4.78 is 0. The molecule has 3 aliphatic carbocycles. The zero-order chi connectivity index (χ0) is 29.1. The summed E-state index contributed by atoms with van der Waals surface area (Å²) in [4.78, 5) is 40.7. The van der Waals surface area contributed by atoms with Crippen molar-refractivity contribution in [3.8, 4) is 5.75 Å². The van der Waals surface area contributed by atoms with Crippen LogP contribution >= 0.6 is 0 Å². The Morgan fingerprint density at radius 3 is 2.38 bits per heavy atom. The lowest BCUT2D eigenvalue weighted by atomic mass is 9.57. The Hall–Kier alpha value is -3.99. The van der Waals surface area contributed by atoms with Crippen LogP contribution in [0.2, 0.25) is 0 Å². The van der Waals surface area contributed by atoms with Gasteiger partial charge >= 0.3 is 0 Å². The molecule has 10 nitrogen and oxygen atoms in total. The number of rotatable bonds is 6. The molecular weight excluding hydrogens is 514 g/mol. The molecule has 210 valence electrons. The van der Waals surface area contributed by atoms with Gasteiger partial charge < -0.3 is 31.5 Å². The second-order valence-corrected chi connectivity index (χ2v) is 11.1. The summed E-state index contributed by atoms with van der Waals surface area (Å²) in [6.45, 7) is 3.04. The average Bonchev–Trinajstić information content (AvgIpc) is 2.88. The number of aromatic hydroxyl groups is 1. The van der Waals surface area contributed by atoms with Crippen LogP contribution in [0.4, 0.5) is 0 Å². The Labute approximate surface area is 231 Å². The van der Waals surface area contributed by atoms with Crippen molar-refractivity contribution in [3.63, 3.8) is 0 Å². The number of amides is 1. The number of nitrogens with one attached hydrogen (secondary N) is 1. The molecule has 0 saturated heterocycles. The minimum Gasteiger partial charge on any atom is -0.508 e. The number of aryl methyl sites for hydroxylation is 1. The molecule has 0 aliphatic heterocycles. The number of primary amides is 1. The predicted molar refractivity (Wildman–Crippen MR) is 146 cm³/mol. The van der Waals surface area contributed by atoms with Crippen LogP contribution in [-0.2, 0) is 33.9 Å². The number of Topliss-reactive ketones (excluding diaryl/α,β-unsaturated/α-hetero) is 2. The molecular formula is C30H33N3O7. The predicted octanol–water partition coefficient (Wildman–Crippen LogP) is 1.56. The first-order valence-corrected chi connectivity index (χ1v) is 13.1. The van der Waals surface area contributed by atoms with Crippen molar-refractivity contribution in [2.45, 2.75) is 44.5 Å². The molecule has 10 heteroatoms. The largest absolute Gasteiger partial charge is 0.508 e. The Morgan fingerprint density at radius 2 is 1.75 bits per heavy atom.